The molecule has 0 aliphatic rings. The first kappa shape index (κ1) is 9.80. The number of halogens is 1. The fourth-order valence-electron chi connectivity index (χ4n) is 1.71. The van der Waals surface area contributed by atoms with Gasteiger partial charge in [0.2, 0.25) is 0 Å². The minimum atomic E-state index is 0. The topological polar surface area (TPSA) is 37.5 Å². The summed E-state index contributed by atoms with van der Waals surface area (Å²) in [7, 11) is 0. The van der Waals surface area contributed by atoms with Crippen LogP contribution in [0.15, 0.2) is 43.0 Å². The molecule has 0 atom stereocenters. The second-order valence-electron chi connectivity index (χ2n) is 3.27. The van der Waals surface area contributed by atoms with E-state index in [1.54, 1.807) is 18.5 Å². The molecule has 2 heterocycles. The normalized spacial score (nSPS) is 10.4. The van der Waals surface area contributed by atoms with Crippen LogP contribution >= 0.6 is 12.4 Å². The van der Waals surface area contributed by atoms with Gasteiger partial charge in [-0.1, -0.05) is 0 Å². The smallest absolute Gasteiger partial charge is 0.116 e. The Kier molecular flexibility index (Phi) is 2.25. The average Bonchev–Trinajstić information content (AvgIpc) is 2.65. The lowest BCUT2D eigenvalue weighted by Gasteiger charge is -2.01. The van der Waals surface area contributed by atoms with E-state index in [0.717, 1.165) is 16.3 Å². The van der Waals surface area contributed by atoms with E-state index in [2.05, 4.69) is 4.98 Å². The Morgan fingerprint density at radius 1 is 1.20 bits per heavy atom. The van der Waals surface area contributed by atoms with Crippen LogP contribution in [-0.2, 0) is 0 Å². The van der Waals surface area contributed by atoms with Crippen LogP contribution in [0.2, 0.25) is 0 Å². The summed E-state index contributed by atoms with van der Waals surface area (Å²) >= 11 is 0. The Morgan fingerprint density at radius 3 is 2.93 bits per heavy atom. The quantitative estimate of drug-likeness (QED) is 0.633. The molecule has 3 rings (SSSR count). The third kappa shape index (κ3) is 1.41. The molecule has 1 aromatic carbocycles. The fraction of sp³-hybridized carbons (Fsp3) is 0. The summed E-state index contributed by atoms with van der Waals surface area (Å²) in [6, 6.07) is 7.31. The Balaban J connectivity index is 0.000000853. The van der Waals surface area contributed by atoms with Gasteiger partial charge in [-0.15, -0.1) is 12.4 Å². The van der Waals surface area contributed by atoms with Crippen molar-refractivity contribution < 1.29 is 5.11 Å². The van der Waals surface area contributed by atoms with Crippen molar-refractivity contribution in [1.29, 1.82) is 0 Å². The Labute approximate surface area is 92.4 Å². The van der Waals surface area contributed by atoms with Gasteiger partial charge < -0.3 is 9.51 Å². The van der Waals surface area contributed by atoms with Crippen LogP contribution in [0.5, 0.6) is 5.75 Å². The molecule has 0 saturated carbocycles. The van der Waals surface area contributed by atoms with Crippen molar-refractivity contribution in [2.75, 3.05) is 0 Å². The molecule has 0 unspecified atom stereocenters. The molecule has 0 saturated heterocycles. The van der Waals surface area contributed by atoms with Crippen LogP contribution in [0.3, 0.4) is 0 Å². The van der Waals surface area contributed by atoms with Crippen molar-refractivity contribution >= 4 is 28.7 Å². The Hall–Kier alpha value is -1.74. The molecule has 1 N–H and O–H groups in total. The summed E-state index contributed by atoms with van der Waals surface area (Å²) in [4.78, 5) is 4.07. The SMILES string of the molecule is Cl.Oc1ccc2c(ccn3cncc23)c1. The van der Waals surface area contributed by atoms with Crippen LogP contribution in [0.1, 0.15) is 0 Å². The number of imidazole rings is 1. The molecule has 4 heteroatoms. The summed E-state index contributed by atoms with van der Waals surface area (Å²) in [6.45, 7) is 0. The maximum atomic E-state index is 9.33. The molecule has 0 fully saturated rings. The zero-order chi connectivity index (χ0) is 9.54. The van der Waals surface area contributed by atoms with Gasteiger partial charge in [-0.2, -0.15) is 0 Å². The molecule has 0 aliphatic carbocycles. The highest BCUT2D eigenvalue weighted by Crippen LogP contribution is 2.23. The van der Waals surface area contributed by atoms with Crippen molar-refractivity contribution in [1.82, 2.24) is 9.38 Å². The number of aromatic hydroxyl groups is 1. The van der Waals surface area contributed by atoms with E-state index in [9.17, 15) is 5.11 Å². The summed E-state index contributed by atoms with van der Waals surface area (Å²) in [5.41, 5.74) is 1.06. The number of phenolic OH excluding ortho intramolecular Hbond substituents is 1. The lowest BCUT2D eigenvalue weighted by atomic mass is 10.1. The highest BCUT2D eigenvalue weighted by Gasteiger charge is 2.00. The minimum absolute atomic E-state index is 0. The third-order valence-corrected chi connectivity index (χ3v) is 2.39. The van der Waals surface area contributed by atoms with Crippen molar-refractivity contribution in [2.24, 2.45) is 0 Å². The summed E-state index contributed by atoms with van der Waals surface area (Å²) < 4.78 is 1.96. The monoisotopic (exact) mass is 220 g/mol. The van der Waals surface area contributed by atoms with E-state index >= 15 is 0 Å². The second kappa shape index (κ2) is 3.44. The van der Waals surface area contributed by atoms with E-state index < -0.39 is 0 Å². The summed E-state index contributed by atoms with van der Waals surface area (Å²) in [6.07, 6.45) is 5.52. The Morgan fingerprint density at radius 2 is 2.07 bits per heavy atom. The molecule has 0 radical (unpaired) electrons. The van der Waals surface area contributed by atoms with E-state index in [-0.39, 0.29) is 12.4 Å². The number of hydrogen-bond acceptors (Lipinski definition) is 2. The molecule has 0 bridgehead atoms. The minimum Gasteiger partial charge on any atom is -0.508 e. The number of rotatable bonds is 0. The number of phenols is 1. The summed E-state index contributed by atoms with van der Waals surface area (Å²) in [5, 5.41) is 11.5. The van der Waals surface area contributed by atoms with Gasteiger partial charge in [0, 0.05) is 11.6 Å². The van der Waals surface area contributed by atoms with Gasteiger partial charge in [-0.3, -0.25) is 0 Å². The van der Waals surface area contributed by atoms with Gasteiger partial charge in [0.1, 0.15) is 5.75 Å². The predicted octanol–water partition coefficient (Wildman–Crippen LogP) is 2.61. The standard InChI is InChI=1S/C11H8N2O.ClH/c14-9-1-2-10-8(5-9)3-4-13-7-12-6-11(10)13;/h1-7,14H;1H. The zero-order valence-electron chi connectivity index (χ0n) is 7.79. The highest BCUT2D eigenvalue weighted by atomic mass is 35.5. The summed E-state index contributed by atoms with van der Waals surface area (Å²) in [5.74, 6) is 0.293. The van der Waals surface area contributed by atoms with Crippen LogP contribution in [-0.4, -0.2) is 14.5 Å². The van der Waals surface area contributed by atoms with Crippen molar-refractivity contribution in [3.8, 4) is 5.75 Å². The zero-order valence-corrected chi connectivity index (χ0v) is 8.61. The van der Waals surface area contributed by atoms with Gasteiger partial charge in [0.05, 0.1) is 18.0 Å². The van der Waals surface area contributed by atoms with Crippen molar-refractivity contribution in [2.45, 2.75) is 0 Å². The number of aromatic nitrogens is 2. The van der Waals surface area contributed by atoms with Gasteiger partial charge >= 0.3 is 0 Å². The van der Waals surface area contributed by atoms with Crippen LogP contribution in [0.25, 0.3) is 16.3 Å². The third-order valence-electron chi connectivity index (χ3n) is 2.39. The lowest BCUT2D eigenvalue weighted by Crippen LogP contribution is -1.82. The number of pyridine rings is 1. The molecule has 3 aromatic rings. The van der Waals surface area contributed by atoms with Gasteiger partial charge in [0.15, 0.2) is 0 Å². The van der Waals surface area contributed by atoms with Crippen LogP contribution in [0, 0.1) is 0 Å². The predicted molar refractivity (Wildman–Crippen MR) is 61.6 cm³/mol. The van der Waals surface area contributed by atoms with Gasteiger partial charge in [-0.05, 0) is 29.7 Å². The van der Waals surface area contributed by atoms with Crippen LogP contribution < -0.4 is 0 Å². The molecule has 0 aliphatic heterocycles. The van der Waals surface area contributed by atoms with E-state index in [1.807, 2.05) is 28.9 Å². The molecule has 15 heavy (non-hydrogen) atoms. The molecular weight excluding hydrogens is 212 g/mol. The molecule has 76 valence electrons. The number of hydrogen-bond donors (Lipinski definition) is 1. The Bertz CT molecular complexity index is 618. The largest absolute Gasteiger partial charge is 0.508 e. The van der Waals surface area contributed by atoms with E-state index in [1.165, 1.54) is 0 Å². The number of benzene rings is 1. The van der Waals surface area contributed by atoms with Crippen molar-refractivity contribution in [3.63, 3.8) is 0 Å². The van der Waals surface area contributed by atoms with E-state index in [0.29, 0.717) is 5.75 Å². The number of fused-ring (bicyclic) bond motifs is 3. The molecule has 0 amide bonds. The molecule has 0 spiro atoms. The highest BCUT2D eigenvalue weighted by molar-refractivity contribution is 5.96. The molecule has 2 aromatic heterocycles. The van der Waals surface area contributed by atoms with Gasteiger partial charge in [-0.25, -0.2) is 4.98 Å². The lowest BCUT2D eigenvalue weighted by molar-refractivity contribution is 0.476. The first-order valence-electron chi connectivity index (χ1n) is 4.38. The maximum Gasteiger partial charge on any atom is 0.116 e. The fourth-order valence-corrected chi connectivity index (χ4v) is 1.71. The van der Waals surface area contributed by atoms with Crippen molar-refractivity contribution in [3.05, 3.63) is 43.0 Å². The average molecular weight is 221 g/mol. The molecular formula is C11H9ClN2O. The van der Waals surface area contributed by atoms with Gasteiger partial charge in [0.25, 0.3) is 0 Å². The molecule has 3 nitrogen and oxygen atoms in total. The van der Waals surface area contributed by atoms with Crippen LogP contribution in [0.4, 0.5) is 0 Å². The second-order valence-corrected chi connectivity index (χ2v) is 3.27. The maximum absolute atomic E-state index is 9.33. The van der Waals surface area contributed by atoms with E-state index in [4.69, 9.17) is 0 Å². The first-order chi connectivity index (χ1) is 6.84. The number of nitrogens with zero attached hydrogens (tertiary/aromatic N) is 2. The first-order valence-corrected chi connectivity index (χ1v) is 4.38.